The second-order valence-corrected chi connectivity index (χ2v) is 8.63. The molecule has 156 valence electrons. The van der Waals surface area contributed by atoms with Crippen LogP contribution in [0.15, 0.2) is 35.0 Å². The van der Waals surface area contributed by atoms with Crippen molar-refractivity contribution in [2.75, 3.05) is 17.2 Å². The van der Waals surface area contributed by atoms with Gasteiger partial charge in [0.25, 0.3) is 5.91 Å². The second-order valence-electron chi connectivity index (χ2n) is 6.82. The Labute approximate surface area is 182 Å². The van der Waals surface area contributed by atoms with E-state index >= 15 is 0 Å². The van der Waals surface area contributed by atoms with Gasteiger partial charge in [0, 0.05) is 23.4 Å². The van der Waals surface area contributed by atoms with Gasteiger partial charge in [0.15, 0.2) is 5.13 Å². The van der Waals surface area contributed by atoms with Crippen LogP contribution >= 0.6 is 22.7 Å². The molecular weight excluding hydrogens is 422 g/mol. The molecule has 9 heteroatoms. The average Bonchev–Trinajstić information content (AvgIpc) is 3.43. The van der Waals surface area contributed by atoms with Crippen LogP contribution in [-0.2, 0) is 17.6 Å². The predicted molar refractivity (Wildman–Crippen MR) is 118 cm³/mol. The first-order valence-corrected chi connectivity index (χ1v) is 11.3. The number of nitrogens with one attached hydrogen (secondary N) is 2. The van der Waals surface area contributed by atoms with Crippen LogP contribution in [0.5, 0.6) is 11.5 Å². The van der Waals surface area contributed by atoms with E-state index in [1.54, 1.807) is 11.4 Å². The first kappa shape index (κ1) is 20.4. The number of carbonyl (C=O) groups is 2. The van der Waals surface area contributed by atoms with E-state index in [1.165, 1.54) is 22.7 Å². The van der Waals surface area contributed by atoms with Crippen LogP contribution in [0.4, 0.5) is 10.8 Å². The molecule has 1 aliphatic rings. The highest BCUT2D eigenvalue weighted by Crippen LogP contribution is 2.38. The van der Waals surface area contributed by atoms with Gasteiger partial charge in [-0.1, -0.05) is 6.07 Å². The number of carbonyl (C=O) groups excluding carboxylic acids is 2. The highest BCUT2D eigenvalue weighted by Gasteiger charge is 2.23. The molecule has 0 unspecified atom stereocenters. The van der Waals surface area contributed by atoms with Gasteiger partial charge in [-0.25, -0.2) is 4.98 Å². The molecule has 30 heavy (non-hydrogen) atoms. The zero-order chi connectivity index (χ0) is 21.1. The maximum atomic E-state index is 12.6. The van der Waals surface area contributed by atoms with Gasteiger partial charge in [-0.3, -0.25) is 14.9 Å². The zero-order valence-electron chi connectivity index (χ0n) is 16.6. The minimum absolute atomic E-state index is 0.0886. The fourth-order valence-corrected chi connectivity index (χ4v) is 4.51. The van der Waals surface area contributed by atoms with Gasteiger partial charge in [0.1, 0.15) is 17.6 Å². The molecule has 4 rings (SSSR count). The molecule has 7 nitrogen and oxygen atoms in total. The van der Waals surface area contributed by atoms with Crippen LogP contribution in [0, 0.1) is 0 Å². The lowest BCUT2D eigenvalue weighted by Gasteiger charge is -2.13. The number of hydrogen-bond donors (Lipinski definition) is 2. The number of thiazole rings is 1. The van der Waals surface area contributed by atoms with Crippen molar-refractivity contribution in [2.24, 2.45) is 0 Å². The van der Waals surface area contributed by atoms with Gasteiger partial charge in [0.05, 0.1) is 29.3 Å². The van der Waals surface area contributed by atoms with Crippen molar-refractivity contribution in [1.29, 1.82) is 0 Å². The third-order valence-electron chi connectivity index (χ3n) is 4.43. The summed E-state index contributed by atoms with van der Waals surface area (Å²) in [7, 11) is 0. The number of fused-ring (bicyclic) bond motifs is 1. The second kappa shape index (κ2) is 8.85. The summed E-state index contributed by atoms with van der Waals surface area (Å²) in [5, 5.41) is 9.72. The molecule has 3 aromatic rings. The summed E-state index contributed by atoms with van der Waals surface area (Å²) in [5.41, 5.74) is 2.24. The Morgan fingerprint density at radius 2 is 2.17 bits per heavy atom. The van der Waals surface area contributed by atoms with Crippen LogP contribution in [0.1, 0.15) is 34.8 Å². The van der Waals surface area contributed by atoms with E-state index in [0.717, 1.165) is 17.7 Å². The van der Waals surface area contributed by atoms with E-state index in [-0.39, 0.29) is 24.3 Å². The van der Waals surface area contributed by atoms with Crippen LogP contribution in [0.3, 0.4) is 0 Å². The van der Waals surface area contributed by atoms with Crippen molar-refractivity contribution >= 4 is 45.3 Å². The topological polar surface area (TPSA) is 89.6 Å². The van der Waals surface area contributed by atoms with Crippen LogP contribution in [-0.4, -0.2) is 29.5 Å². The predicted octanol–water partition coefficient (Wildman–Crippen LogP) is 4.36. The number of rotatable bonds is 7. The SMILES string of the molecule is CCOc1cc2c(cc1NC(=O)Cc1csc(NC(=O)c3cccs3)n1)O[C@@H](C)C2. The molecule has 2 amide bonds. The first-order chi connectivity index (χ1) is 14.5. The Morgan fingerprint density at radius 3 is 2.93 bits per heavy atom. The molecule has 0 fully saturated rings. The van der Waals surface area contributed by atoms with E-state index < -0.39 is 0 Å². The van der Waals surface area contributed by atoms with Crippen molar-refractivity contribution < 1.29 is 19.1 Å². The number of amides is 2. The molecule has 0 radical (unpaired) electrons. The third kappa shape index (κ3) is 4.63. The Morgan fingerprint density at radius 1 is 1.30 bits per heavy atom. The lowest BCUT2D eigenvalue weighted by Crippen LogP contribution is -2.16. The van der Waals surface area contributed by atoms with Gasteiger partial charge in [-0.15, -0.1) is 22.7 Å². The largest absolute Gasteiger partial charge is 0.492 e. The molecule has 0 aliphatic carbocycles. The molecule has 0 bridgehead atoms. The Balaban J connectivity index is 1.41. The third-order valence-corrected chi connectivity index (χ3v) is 6.11. The molecule has 0 saturated carbocycles. The summed E-state index contributed by atoms with van der Waals surface area (Å²) in [6.07, 6.45) is 1.02. The Hall–Kier alpha value is -2.91. The standard InChI is InChI=1S/C21H21N3O4S2/c1-3-27-17-8-13-7-12(2)28-16(13)10-15(17)23-19(25)9-14-11-30-21(22-14)24-20(26)18-5-4-6-29-18/h4-6,8,10-12H,3,7,9H2,1-2H3,(H,23,25)(H,22,24,26)/t12-/m0/s1. The number of nitrogens with zero attached hydrogens (tertiary/aromatic N) is 1. The summed E-state index contributed by atoms with van der Waals surface area (Å²) in [6, 6.07) is 7.31. The number of hydrogen-bond acceptors (Lipinski definition) is 7. The lowest BCUT2D eigenvalue weighted by molar-refractivity contribution is -0.115. The molecule has 3 heterocycles. The smallest absolute Gasteiger partial charge is 0.267 e. The molecule has 2 aromatic heterocycles. The molecule has 0 saturated heterocycles. The zero-order valence-corrected chi connectivity index (χ0v) is 18.2. The van der Waals surface area contributed by atoms with E-state index in [4.69, 9.17) is 9.47 Å². The summed E-state index contributed by atoms with van der Waals surface area (Å²) < 4.78 is 11.5. The number of anilines is 2. The fourth-order valence-electron chi connectivity index (χ4n) is 3.18. The monoisotopic (exact) mass is 443 g/mol. The number of aromatic nitrogens is 1. The van der Waals surface area contributed by atoms with Crippen LogP contribution in [0.2, 0.25) is 0 Å². The summed E-state index contributed by atoms with van der Waals surface area (Å²) >= 11 is 2.65. The highest BCUT2D eigenvalue weighted by atomic mass is 32.1. The Kier molecular flexibility index (Phi) is 6.01. The highest BCUT2D eigenvalue weighted by molar-refractivity contribution is 7.14. The van der Waals surface area contributed by atoms with Crippen molar-refractivity contribution in [1.82, 2.24) is 4.98 Å². The normalized spacial score (nSPS) is 14.7. The number of ether oxygens (including phenoxy) is 2. The Bertz CT molecular complexity index is 1060. The molecule has 1 aliphatic heterocycles. The molecular formula is C21H21N3O4S2. The quantitative estimate of drug-likeness (QED) is 0.566. The lowest BCUT2D eigenvalue weighted by atomic mass is 10.1. The molecule has 1 aromatic carbocycles. The van der Waals surface area contributed by atoms with E-state index in [9.17, 15) is 9.59 Å². The molecule has 0 spiro atoms. The molecule has 1 atom stereocenters. The van der Waals surface area contributed by atoms with Gasteiger partial charge in [0.2, 0.25) is 5.91 Å². The maximum absolute atomic E-state index is 12.6. The van der Waals surface area contributed by atoms with E-state index in [2.05, 4.69) is 15.6 Å². The van der Waals surface area contributed by atoms with Gasteiger partial charge in [-0.05, 0) is 31.4 Å². The van der Waals surface area contributed by atoms with Crippen LogP contribution in [0.25, 0.3) is 0 Å². The van der Waals surface area contributed by atoms with Crippen molar-refractivity contribution in [3.8, 4) is 11.5 Å². The first-order valence-electron chi connectivity index (χ1n) is 9.57. The summed E-state index contributed by atoms with van der Waals surface area (Å²) in [5.74, 6) is 0.977. The summed E-state index contributed by atoms with van der Waals surface area (Å²) in [4.78, 5) is 29.7. The van der Waals surface area contributed by atoms with Crippen molar-refractivity contribution in [3.63, 3.8) is 0 Å². The van der Waals surface area contributed by atoms with Gasteiger partial charge in [-0.2, -0.15) is 0 Å². The van der Waals surface area contributed by atoms with Gasteiger partial charge < -0.3 is 14.8 Å². The van der Waals surface area contributed by atoms with E-state index in [1.807, 2.05) is 37.4 Å². The number of thiophene rings is 1. The summed E-state index contributed by atoms with van der Waals surface area (Å²) in [6.45, 7) is 4.41. The average molecular weight is 444 g/mol. The minimum Gasteiger partial charge on any atom is -0.492 e. The minimum atomic E-state index is -0.219. The number of benzene rings is 1. The maximum Gasteiger partial charge on any atom is 0.267 e. The van der Waals surface area contributed by atoms with Gasteiger partial charge >= 0.3 is 0 Å². The molecule has 2 N–H and O–H groups in total. The van der Waals surface area contributed by atoms with Crippen molar-refractivity contribution in [3.05, 3.63) is 51.2 Å². The van der Waals surface area contributed by atoms with Crippen LogP contribution < -0.4 is 20.1 Å². The van der Waals surface area contributed by atoms with Crippen molar-refractivity contribution in [2.45, 2.75) is 32.8 Å². The fraction of sp³-hybridized carbons (Fsp3) is 0.286. The van der Waals surface area contributed by atoms with E-state index in [0.29, 0.717) is 33.7 Å².